The number of hydrazine groups is 1. The maximum atomic E-state index is 14.8. The number of carbonyl (C=O) groups excluding carboxylic acids is 3. The lowest BCUT2D eigenvalue weighted by Crippen LogP contribution is -2.46. The summed E-state index contributed by atoms with van der Waals surface area (Å²) < 4.78 is 20.0. The molecule has 0 unspecified atom stereocenters. The summed E-state index contributed by atoms with van der Waals surface area (Å²) in [6.07, 6.45) is -1.07. The van der Waals surface area contributed by atoms with Crippen molar-refractivity contribution < 1.29 is 23.5 Å². The number of hydrogen-bond donors (Lipinski definition) is 3. The van der Waals surface area contributed by atoms with Crippen LogP contribution in [0.15, 0.2) is 18.2 Å². The highest BCUT2D eigenvalue weighted by Crippen LogP contribution is 2.28. The van der Waals surface area contributed by atoms with Gasteiger partial charge in [0.2, 0.25) is 11.8 Å². The molecule has 0 spiro atoms. The molecule has 1 aromatic carbocycles. The Balaban J connectivity index is 1.66. The van der Waals surface area contributed by atoms with E-state index in [1.165, 1.54) is 22.9 Å². The van der Waals surface area contributed by atoms with Crippen LogP contribution in [0, 0.1) is 5.82 Å². The highest BCUT2D eigenvalue weighted by Gasteiger charge is 2.33. The van der Waals surface area contributed by atoms with Crippen LogP contribution < -0.4 is 26.3 Å². The van der Waals surface area contributed by atoms with Gasteiger partial charge in [0.25, 0.3) is 0 Å². The molecule has 0 saturated carbocycles. The van der Waals surface area contributed by atoms with Gasteiger partial charge in [-0.25, -0.2) is 14.6 Å². The fourth-order valence-electron chi connectivity index (χ4n) is 3.31. The first-order valence-corrected chi connectivity index (χ1v) is 9.40. The molecule has 2 aliphatic heterocycles. The summed E-state index contributed by atoms with van der Waals surface area (Å²) in [6, 6.07) is 4.56. The first kappa shape index (κ1) is 20.8. The highest BCUT2D eigenvalue weighted by molar-refractivity contribution is 5.90. The summed E-state index contributed by atoms with van der Waals surface area (Å²) in [5.74, 6) is -0.906. The standard InChI is InChI=1S/C18H25FN6O4/c1-12(26)21-10-14-11-24(18(28)29-14)13-2-3-16(15(19)8-13)23-5-4-22-25(7-6-23)17(27)9-20/h2-3,8,14,22H,4-7,9-11,20H2,1H3,(H,21,26)/t14-/m0/s1. The minimum atomic E-state index is -0.581. The van der Waals surface area contributed by atoms with Crippen LogP contribution in [0.25, 0.3) is 0 Å². The van der Waals surface area contributed by atoms with Crippen LogP contribution in [0.5, 0.6) is 0 Å². The number of ether oxygens (including phenoxy) is 1. The number of rotatable bonds is 5. The molecule has 1 aromatic rings. The molecule has 0 radical (unpaired) electrons. The van der Waals surface area contributed by atoms with Crippen molar-refractivity contribution in [3.63, 3.8) is 0 Å². The third-order valence-electron chi connectivity index (χ3n) is 4.79. The van der Waals surface area contributed by atoms with E-state index in [1.54, 1.807) is 12.1 Å². The second-order valence-corrected chi connectivity index (χ2v) is 6.83. The number of benzene rings is 1. The Bertz CT molecular complexity index is 792. The first-order valence-electron chi connectivity index (χ1n) is 9.40. The molecule has 0 bridgehead atoms. The molecular weight excluding hydrogens is 383 g/mol. The van der Waals surface area contributed by atoms with Crippen LogP contribution in [0.1, 0.15) is 6.92 Å². The van der Waals surface area contributed by atoms with Gasteiger partial charge < -0.3 is 20.7 Å². The Morgan fingerprint density at radius 2 is 2.14 bits per heavy atom. The molecule has 4 N–H and O–H groups in total. The van der Waals surface area contributed by atoms with Crippen LogP contribution in [-0.4, -0.2) is 74.8 Å². The molecule has 2 heterocycles. The van der Waals surface area contributed by atoms with Gasteiger partial charge in [0.15, 0.2) is 0 Å². The normalized spacial score (nSPS) is 19.8. The largest absolute Gasteiger partial charge is 0.442 e. The molecule has 2 fully saturated rings. The summed E-state index contributed by atoms with van der Waals surface area (Å²) in [5.41, 5.74) is 9.14. The van der Waals surface area contributed by atoms with Gasteiger partial charge in [-0.3, -0.25) is 19.5 Å². The van der Waals surface area contributed by atoms with E-state index in [-0.39, 0.29) is 31.4 Å². The summed E-state index contributed by atoms with van der Waals surface area (Å²) in [5, 5.41) is 4.05. The fraction of sp³-hybridized carbons (Fsp3) is 0.500. The summed E-state index contributed by atoms with van der Waals surface area (Å²) in [4.78, 5) is 38.0. The van der Waals surface area contributed by atoms with E-state index in [9.17, 15) is 18.8 Å². The number of anilines is 2. The Morgan fingerprint density at radius 1 is 1.34 bits per heavy atom. The third-order valence-corrected chi connectivity index (χ3v) is 4.79. The van der Waals surface area contributed by atoms with E-state index in [1.807, 2.05) is 4.90 Å². The molecule has 11 heteroatoms. The molecular formula is C18H25FN6O4. The van der Waals surface area contributed by atoms with Gasteiger partial charge in [-0.15, -0.1) is 0 Å². The van der Waals surface area contributed by atoms with Gasteiger partial charge in [-0.2, -0.15) is 0 Å². The predicted octanol–water partition coefficient (Wildman–Crippen LogP) is -0.601. The fourth-order valence-corrected chi connectivity index (χ4v) is 3.31. The van der Waals surface area contributed by atoms with E-state index in [4.69, 9.17) is 10.5 Å². The van der Waals surface area contributed by atoms with Crippen molar-refractivity contribution in [1.82, 2.24) is 15.8 Å². The van der Waals surface area contributed by atoms with E-state index in [0.717, 1.165) is 0 Å². The zero-order valence-electron chi connectivity index (χ0n) is 16.2. The molecule has 3 rings (SSSR count). The average molecular weight is 408 g/mol. The summed E-state index contributed by atoms with van der Waals surface area (Å²) in [7, 11) is 0. The van der Waals surface area contributed by atoms with Crippen molar-refractivity contribution in [2.75, 3.05) is 55.6 Å². The van der Waals surface area contributed by atoms with Crippen molar-refractivity contribution in [1.29, 1.82) is 0 Å². The smallest absolute Gasteiger partial charge is 0.414 e. The molecule has 0 aromatic heterocycles. The SMILES string of the molecule is CC(=O)NC[C@H]1CN(c2ccc(N3CCNN(C(=O)CN)CC3)c(F)c2)C(=O)O1. The Kier molecular flexibility index (Phi) is 6.49. The van der Waals surface area contributed by atoms with E-state index < -0.39 is 18.0 Å². The van der Waals surface area contributed by atoms with E-state index in [0.29, 0.717) is 37.6 Å². The topological polar surface area (TPSA) is 120 Å². The van der Waals surface area contributed by atoms with Crippen LogP contribution in [0.3, 0.4) is 0 Å². The summed E-state index contributed by atoms with van der Waals surface area (Å²) in [6.45, 7) is 3.52. The van der Waals surface area contributed by atoms with Gasteiger partial charge in [0, 0.05) is 26.6 Å². The molecule has 2 saturated heterocycles. The molecule has 1 atom stereocenters. The number of nitrogens with zero attached hydrogens (tertiary/aromatic N) is 3. The number of amides is 3. The van der Waals surface area contributed by atoms with Crippen LogP contribution in [0.2, 0.25) is 0 Å². The monoisotopic (exact) mass is 408 g/mol. The Morgan fingerprint density at radius 3 is 2.83 bits per heavy atom. The van der Waals surface area contributed by atoms with Gasteiger partial charge in [-0.1, -0.05) is 0 Å². The van der Waals surface area contributed by atoms with Gasteiger partial charge in [0.1, 0.15) is 11.9 Å². The highest BCUT2D eigenvalue weighted by atomic mass is 19.1. The number of hydrogen-bond acceptors (Lipinski definition) is 7. The van der Waals surface area contributed by atoms with Gasteiger partial charge in [-0.05, 0) is 18.2 Å². The lowest BCUT2D eigenvalue weighted by Gasteiger charge is -2.24. The predicted molar refractivity (Wildman–Crippen MR) is 104 cm³/mol. The number of halogens is 1. The van der Waals surface area contributed by atoms with Gasteiger partial charge in [0.05, 0.1) is 37.6 Å². The molecule has 29 heavy (non-hydrogen) atoms. The lowest BCUT2D eigenvalue weighted by molar-refractivity contribution is -0.132. The van der Waals surface area contributed by atoms with Crippen molar-refractivity contribution >= 4 is 29.3 Å². The number of cyclic esters (lactones) is 1. The third kappa shape index (κ3) is 4.93. The summed E-state index contributed by atoms with van der Waals surface area (Å²) >= 11 is 0. The van der Waals surface area contributed by atoms with Crippen LogP contribution in [-0.2, 0) is 14.3 Å². The van der Waals surface area contributed by atoms with Crippen molar-refractivity contribution in [2.24, 2.45) is 5.73 Å². The van der Waals surface area contributed by atoms with Crippen molar-refractivity contribution in [3.05, 3.63) is 24.0 Å². The second kappa shape index (κ2) is 9.05. The lowest BCUT2D eigenvalue weighted by atomic mass is 10.2. The van der Waals surface area contributed by atoms with Crippen molar-refractivity contribution in [3.8, 4) is 0 Å². The number of nitrogens with two attached hydrogens (primary N) is 1. The quantitative estimate of drug-likeness (QED) is 0.595. The number of nitrogens with one attached hydrogen (secondary N) is 2. The zero-order chi connectivity index (χ0) is 21.0. The van der Waals surface area contributed by atoms with Gasteiger partial charge >= 0.3 is 6.09 Å². The molecule has 10 nitrogen and oxygen atoms in total. The second-order valence-electron chi connectivity index (χ2n) is 6.83. The molecule has 2 aliphatic rings. The first-order chi connectivity index (χ1) is 13.9. The number of carbonyl (C=O) groups is 3. The molecule has 158 valence electrons. The minimum Gasteiger partial charge on any atom is -0.442 e. The Hall–Kier alpha value is -2.92. The van der Waals surface area contributed by atoms with E-state index >= 15 is 0 Å². The average Bonchev–Trinajstić information content (AvgIpc) is 2.90. The molecule has 0 aliphatic carbocycles. The van der Waals surface area contributed by atoms with Crippen LogP contribution >= 0.6 is 0 Å². The maximum Gasteiger partial charge on any atom is 0.414 e. The van der Waals surface area contributed by atoms with E-state index in [2.05, 4.69) is 10.7 Å². The molecule has 3 amide bonds. The van der Waals surface area contributed by atoms with Crippen molar-refractivity contribution in [2.45, 2.75) is 13.0 Å². The minimum absolute atomic E-state index is 0.0923. The van der Waals surface area contributed by atoms with Crippen LogP contribution in [0.4, 0.5) is 20.6 Å². The maximum absolute atomic E-state index is 14.8. The Labute approximate surface area is 167 Å². The zero-order valence-corrected chi connectivity index (χ0v) is 16.2.